The van der Waals surface area contributed by atoms with E-state index in [4.69, 9.17) is 0 Å². The van der Waals surface area contributed by atoms with Gasteiger partial charge in [-0.1, -0.05) is 0 Å². The summed E-state index contributed by atoms with van der Waals surface area (Å²) in [4.78, 5) is 0. The van der Waals surface area contributed by atoms with E-state index in [1.54, 1.807) is 0 Å². The zero-order chi connectivity index (χ0) is 27.0. The summed E-state index contributed by atoms with van der Waals surface area (Å²) in [5.41, 5.74) is -1.64. The van der Waals surface area contributed by atoms with E-state index in [2.05, 4.69) is 182 Å². The topological polar surface area (TPSA) is 0 Å². The fourth-order valence-corrected chi connectivity index (χ4v) is 67.9. The van der Waals surface area contributed by atoms with Gasteiger partial charge in [0.05, 0.1) is 0 Å². The van der Waals surface area contributed by atoms with Crippen LogP contribution in [0.4, 0.5) is 0 Å². The first-order valence-corrected chi connectivity index (χ1v) is 27.6. The number of hydrogen-bond donors (Lipinski definition) is 0. The van der Waals surface area contributed by atoms with Gasteiger partial charge in [0.2, 0.25) is 0 Å². The van der Waals surface area contributed by atoms with Crippen molar-refractivity contribution in [2.24, 2.45) is 0 Å². The molecule has 0 nitrogen and oxygen atoms in total. The summed E-state index contributed by atoms with van der Waals surface area (Å²) in [7, 11) is 0. The second kappa shape index (κ2) is 13.9. The Morgan fingerprint density at radius 2 is 0.375 bits per heavy atom. The summed E-state index contributed by atoms with van der Waals surface area (Å²) in [6.07, 6.45) is 0. The van der Waals surface area contributed by atoms with E-state index in [-0.39, 0.29) is 0 Å². The van der Waals surface area contributed by atoms with Crippen molar-refractivity contribution in [2.75, 3.05) is 0 Å². The molecular weight excluding hydrogens is 647 g/mol. The molecule has 0 heterocycles. The van der Waals surface area contributed by atoms with Crippen LogP contribution in [0.15, 0.2) is 182 Å². The Labute approximate surface area is 247 Å². The molecule has 0 atom stereocenters. The fourth-order valence-electron chi connectivity index (χ4n) is 4.75. The van der Waals surface area contributed by atoms with Crippen molar-refractivity contribution in [3.63, 3.8) is 0 Å². The summed E-state index contributed by atoms with van der Waals surface area (Å²) in [5.74, 6) is 0. The second-order valence-corrected chi connectivity index (χ2v) is 40.4. The van der Waals surface area contributed by atoms with Crippen LogP contribution < -0.4 is 31.8 Å². The van der Waals surface area contributed by atoms with E-state index >= 15 is 0 Å². The van der Waals surface area contributed by atoms with Gasteiger partial charge in [-0.15, -0.1) is 0 Å². The maximum absolute atomic E-state index is 2.42. The normalized spacial score (nSPS) is 11.4. The van der Waals surface area contributed by atoms with Gasteiger partial charge in [-0.3, -0.25) is 0 Å². The van der Waals surface area contributed by atoms with Crippen molar-refractivity contribution in [3.05, 3.63) is 182 Å². The summed E-state index contributed by atoms with van der Waals surface area (Å²) in [6.45, 7) is 0. The molecule has 0 N–H and O–H groups in total. The first kappa shape index (κ1) is 27.6. The monoisotopic (exact) mass is 676 g/mol. The van der Waals surface area contributed by atoms with Crippen LogP contribution in [0.5, 0.6) is 0 Å². The minimum atomic E-state index is -2.42. The Balaban J connectivity index is 1.69. The van der Waals surface area contributed by atoms with Gasteiger partial charge in [-0.2, -0.15) is 0 Å². The zero-order valence-electron chi connectivity index (χ0n) is 22.1. The van der Waals surface area contributed by atoms with E-state index in [0.29, 0.717) is 0 Å². The summed E-state index contributed by atoms with van der Waals surface area (Å²) in [5, 5.41) is 9.11. The van der Waals surface area contributed by atoms with Crippen molar-refractivity contribution in [1.82, 2.24) is 0 Å². The number of hydrogen-bond acceptors (Lipinski definition) is 0. The van der Waals surface area contributed by atoms with Gasteiger partial charge in [0, 0.05) is 0 Å². The van der Waals surface area contributed by atoms with Crippen LogP contribution in [0, 0.1) is 0 Å². The quantitative estimate of drug-likeness (QED) is 0.111. The molecule has 6 rings (SSSR count). The van der Waals surface area contributed by atoms with Gasteiger partial charge >= 0.3 is 249 Å². The molecule has 6 aromatic carbocycles. The number of rotatable bonds is 9. The van der Waals surface area contributed by atoms with Gasteiger partial charge in [0.25, 0.3) is 0 Å². The average Bonchev–Trinajstić information content (AvgIpc) is 3.04. The average molecular weight is 677 g/mol. The predicted octanol–water partition coefficient (Wildman–Crippen LogP) is 7.37. The first-order chi connectivity index (χ1) is 19.9. The van der Waals surface area contributed by atoms with Gasteiger partial charge < -0.3 is 0 Å². The van der Waals surface area contributed by atoms with Crippen molar-refractivity contribution in [3.8, 4) is 0 Å². The van der Waals surface area contributed by atoms with E-state index in [0.717, 1.165) is 0 Å². The zero-order valence-corrected chi connectivity index (χ0v) is 27.3. The van der Waals surface area contributed by atoms with Gasteiger partial charge in [-0.25, -0.2) is 0 Å². The minimum absolute atomic E-state index is 0.547. The van der Waals surface area contributed by atoms with Crippen molar-refractivity contribution in [1.29, 1.82) is 0 Å². The Kier molecular flexibility index (Phi) is 9.56. The van der Waals surface area contributed by atoms with Crippen LogP contribution >= 0.6 is 16.5 Å². The molecule has 0 aliphatic carbocycles. The predicted molar refractivity (Wildman–Crippen MR) is 183 cm³/mol. The molecule has 0 aromatic heterocycles. The van der Waals surface area contributed by atoms with E-state index in [1.807, 2.05) is 0 Å². The van der Waals surface area contributed by atoms with Crippen LogP contribution in [0.25, 0.3) is 0 Å². The third-order valence-electron chi connectivity index (χ3n) is 6.54. The maximum atomic E-state index is 2.41. The van der Waals surface area contributed by atoms with Crippen LogP contribution in [0.2, 0.25) is 0 Å². The van der Waals surface area contributed by atoms with Crippen LogP contribution in [0.3, 0.4) is 0 Å². The standard InChI is InChI=1S/3C12H10P.Sb/c3*1-3-7-11(8-4-1)13-12-9-5-2-6-10-12;/h3*1-10H;/q3*-1;+3. The Bertz CT molecular complexity index is 1270. The molecule has 0 amide bonds. The molecule has 0 bridgehead atoms. The van der Waals surface area contributed by atoms with E-state index in [9.17, 15) is 0 Å². The second-order valence-electron chi connectivity index (χ2n) is 9.22. The molecule has 0 aliphatic heterocycles. The molecule has 0 saturated heterocycles. The molecule has 4 heteroatoms. The Morgan fingerprint density at radius 3 is 0.525 bits per heavy atom. The molecule has 194 valence electrons. The molecular formula is C36H30P3Sb. The molecule has 0 saturated carbocycles. The summed E-state index contributed by atoms with van der Waals surface area (Å²) < 4.78 is 0. The van der Waals surface area contributed by atoms with Crippen molar-refractivity contribution in [2.45, 2.75) is 0 Å². The van der Waals surface area contributed by atoms with Gasteiger partial charge in [0.1, 0.15) is 0 Å². The van der Waals surface area contributed by atoms with Crippen LogP contribution in [0.1, 0.15) is 0 Å². The van der Waals surface area contributed by atoms with Crippen LogP contribution in [-0.4, -0.2) is 18.5 Å². The molecule has 0 spiro atoms. The fraction of sp³-hybridized carbons (Fsp3) is 0. The Morgan fingerprint density at radius 1 is 0.225 bits per heavy atom. The van der Waals surface area contributed by atoms with Gasteiger partial charge in [0.15, 0.2) is 0 Å². The molecule has 40 heavy (non-hydrogen) atoms. The van der Waals surface area contributed by atoms with Crippen molar-refractivity contribution >= 4 is 66.8 Å². The summed E-state index contributed by atoms with van der Waals surface area (Å²) >= 11 is -2.42. The SMILES string of the molecule is c1ccc([P](c2ccccc2)[Sb]([P](c2ccccc2)c2ccccc2)[P](c2ccccc2)c2ccccc2)cc1. The molecule has 6 aromatic rings. The van der Waals surface area contributed by atoms with Gasteiger partial charge in [-0.05, 0) is 0 Å². The molecule has 0 unspecified atom stereocenters. The van der Waals surface area contributed by atoms with Crippen molar-refractivity contribution < 1.29 is 0 Å². The molecule has 0 fully saturated rings. The van der Waals surface area contributed by atoms with E-state index in [1.165, 1.54) is 31.8 Å². The van der Waals surface area contributed by atoms with E-state index < -0.39 is 35.0 Å². The molecule has 0 radical (unpaired) electrons. The van der Waals surface area contributed by atoms with Crippen LogP contribution in [-0.2, 0) is 0 Å². The third-order valence-corrected chi connectivity index (χ3v) is 55.0. The number of benzene rings is 6. The first-order valence-electron chi connectivity index (χ1n) is 13.4. The Hall–Kier alpha value is -2.57. The molecule has 0 aliphatic rings. The third kappa shape index (κ3) is 6.33. The summed E-state index contributed by atoms with van der Waals surface area (Å²) in [6, 6.07) is 68.8.